The lowest BCUT2D eigenvalue weighted by Gasteiger charge is -1.99. The van der Waals surface area contributed by atoms with Gasteiger partial charge in [-0.25, -0.2) is 3.97 Å². The van der Waals surface area contributed by atoms with E-state index in [-0.39, 0.29) is 31.4 Å². The van der Waals surface area contributed by atoms with Crippen molar-refractivity contribution in [2.24, 2.45) is 0 Å². The molecule has 3 aromatic rings. The first-order chi connectivity index (χ1) is 9.79. The number of aromatic amines is 1. The number of imidazole rings is 1. The average Bonchev–Trinajstić information content (AvgIpc) is 2.94. The maximum atomic E-state index is 12.4. The van der Waals surface area contributed by atoms with Crippen LogP contribution in [0.2, 0.25) is 10.0 Å². The van der Waals surface area contributed by atoms with Crippen molar-refractivity contribution in [3.8, 4) is 5.88 Å². The molecule has 0 aliphatic rings. The van der Waals surface area contributed by atoms with Crippen LogP contribution < -0.4 is 0 Å². The number of rotatable bonds is 2. The predicted octanol–water partition coefficient (Wildman–Crippen LogP) is 3.54. The fourth-order valence-corrected chi connectivity index (χ4v) is 3.72. The standard InChI is InChI=1S/C11H6Cl2N2O4S2/c12-6-1-5-2-10(19-8(5)3-7(6)13)21(17,18)15-4-9(16)14-11(15)20/h1-4,16H,(H,14,20). The quantitative estimate of drug-likeness (QED) is 0.678. The highest BCUT2D eigenvalue weighted by molar-refractivity contribution is 7.90. The summed E-state index contributed by atoms with van der Waals surface area (Å²) in [4.78, 5) is 2.31. The van der Waals surface area contributed by atoms with Crippen LogP contribution in [-0.2, 0) is 10.0 Å². The van der Waals surface area contributed by atoms with Gasteiger partial charge in [-0.15, -0.1) is 0 Å². The van der Waals surface area contributed by atoms with E-state index in [1.165, 1.54) is 18.2 Å². The molecular formula is C11H6Cl2N2O4S2. The second-order valence-corrected chi connectivity index (χ2v) is 7.06. The minimum atomic E-state index is -4.07. The Hall–Kier alpha value is -1.48. The number of aromatic hydroxyl groups is 1. The van der Waals surface area contributed by atoms with E-state index < -0.39 is 10.0 Å². The molecule has 0 aliphatic heterocycles. The van der Waals surface area contributed by atoms with E-state index in [9.17, 15) is 13.5 Å². The topological polar surface area (TPSA) is 88.2 Å². The number of furan rings is 1. The van der Waals surface area contributed by atoms with Crippen molar-refractivity contribution in [1.29, 1.82) is 0 Å². The van der Waals surface area contributed by atoms with Crippen molar-refractivity contribution >= 4 is 56.4 Å². The number of hydrogen-bond acceptors (Lipinski definition) is 5. The molecule has 0 fully saturated rings. The second-order valence-electron chi connectivity index (χ2n) is 4.11. The number of hydrogen-bond donors (Lipinski definition) is 2. The van der Waals surface area contributed by atoms with Gasteiger partial charge in [0.2, 0.25) is 11.0 Å². The van der Waals surface area contributed by atoms with Crippen LogP contribution in [0.25, 0.3) is 11.0 Å². The molecule has 110 valence electrons. The van der Waals surface area contributed by atoms with Crippen molar-refractivity contribution in [1.82, 2.24) is 8.96 Å². The number of nitrogens with zero attached hydrogens (tertiary/aromatic N) is 1. The van der Waals surface area contributed by atoms with E-state index in [1.807, 2.05) is 0 Å². The number of aromatic nitrogens is 2. The Morgan fingerprint density at radius 3 is 2.52 bits per heavy atom. The molecule has 0 radical (unpaired) electrons. The van der Waals surface area contributed by atoms with Gasteiger partial charge in [-0.3, -0.25) is 0 Å². The molecule has 2 N–H and O–H groups in total. The number of H-pyrrole nitrogens is 1. The molecule has 0 atom stereocenters. The Morgan fingerprint density at radius 2 is 1.90 bits per heavy atom. The van der Waals surface area contributed by atoms with Gasteiger partial charge in [0.1, 0.15) is 5.58 Å². The monoisotopic (exact) mass is 364 g/mol. The Morgan fingerprint density at radius 1 is 1.24 bits per heavy atom. The van der Waals surface area contributed by atoms with E-state index in [2.05, 4.69) is 4.98 Å². The fraction of sp³-hybridized carbons (Fsp3) is 0. The van der Waals surface area contributed by atoms with Crippen molar-refractivity contribution < 1.29 is 17.9 Å². The first kappa shape index (κ1) is 14.5. The van der Waals surface area contributed by atoms with Crippen molar-refractivity contribution in [3.63, 3.8) is 0 Å². The summed E-state index contributed by atoms with van der Waals surface area (Å²) in [5.41, 5.74) is 0.272. The fourth-order valence-electron chi connectivity index (χ4n) is 1.78. The predicted molar refractivity (Wildman–Crippen MR) is 80.1 cm³/mol. The summed E-state index contributed by atoms with van der Waals surface area (Å²) >= 11 is 16.6. The van der Waals surface area contributed by atoms with Crippen LogP contribution in [0.15, 0.2) is 33.9 Å². The highest BCUT2D eigenvalue weighted by Gasteiger charge is 2.24. The van der Waals surface area contributed by atoms with Crippen LogP contribution >= 0.6 is 35.4 Å². The third-order valence-corrected chi connectivity index (χ3v) is 5.38. The summed E-state index contributed by atoms with van der Waals surface area (Å²) in [6.07, 6.45) is 0.949. The minimum Gasteiger partial charge on any atom is -0.493 e. The third-order valence-electron chi connectivity index (χ3n) is 2.72. The van der Waals surface area contributed by atoms with Crippen LogP contribution in [0.1, 0.15) is 0 Å². The molecule has 0 bridgehead atoms. The Bertz CT molecular complexity index is 978. The molecule has 2 heterocycles. The summed E-state index contributed by atoms with van der Waals surface area (Å²) < 4.78 is 30.6. The summed E-state index contributed by atoms with van der Waals surface area (Å²) in [5, 5.41) is 9.95. The molecule has 6 nitrogen and oxygen atoms in total. The molecule has 21 heavy (non-hydrogen) atoms. The van der Waals surface area contributed by atoms with Crippen LogP contribution in [0.5, 0.6) is 5.88 Å². The van der Waals surface area contributed by atoms with Crippen LogP contribution in [0.4, 0.5) is 0 Å². The highest BCUT2D eigenvalue weighted by Crippen LogP contribution is 2.32. The van der Waals surface area contributed by atoms with Gasteiger partial charge in [0.25, 0.3) is 0 Å². The SMILES string of the molecule is O=S(=O)(c1cc2cc(Cl)c(Cl)cc2o1)n1cc(O)[nH]c1=S. The molecular weight excluding hydrogens is 359 g/mol. The van der Waals surface area contributed by atoms with Crippen LogP contribution in [-0.4, -0.2) is 22.5 Å². The lowest BCUT2D eigenvalue weighted by molar-refractivity contribution is 0.455. The van der Waals surface area contributed by atoms with E-state index in [4.69, 9.17) is 39.8 Å². The van der Waals surface area contributed by atoms with Crippen LogP contribution in [0, 0.1) is 4.77 Å². The van der Waals surface area contributed by atoms with Gasteiger partial charge >= 0.3 is 10.0 Å². The summed E-state index contributed by atoms with van der Waals surface area (Å²) in [6.45, 7) is 0. The molecule has 1 aromatic carbocycles. The smallest absolute Gasteiger partial charge is 0.303 e. The minimum absolute atomic E-state index is 0.177. The molecule has 3 rings (SSSR count). The Balaban J connectivity index is 2.24. The number of fused-ring (bicyclic) bond motifs is 1. The average molecular weight is 365 g/mol. The van der Waals surface area contributed by atoms with Gasteiger partial charge < -0.3 is 14.5 Å². The lowest BCUT2D eigenvalue weighted by atomic mass is 10.3. The summed E-state index contributed by atoms with van der Waals surface area (Å²) in [6, 6.07) is 4.22. The number of benzene rings is 1. The van der Waals surface area contributed by atoms with E-state index in [1.54, 1.807) is 0 Å². The first-order valence-electron chi connectivity index (χ1n) is 5.44. The third kappa shape index (κ3) is 2.34. The van der Waals surface area contributed by atoms with E-state index in [0.717, 1.165) is 6.20 Å². The molecule has 0 spiro atoms. The molecule has 0 aliphatic carbocycles. The maximum Gasteiger partial charge on any atom is 0.303 e. The molecule has 0 saturated carbocycles. The summed E-state index contributed by atoms with van der Waals surface area (Å²) in [7, 11) is -4.07. The van der Waals surface area contributed by atoms with Gasteiger partial charge in [-0.1, -0.05) is 23.2 Å². The van der Waals surface area contributed by atoms with Gasteiger partial charge in [0.05, 0.1) is 16.2 Å². The Labute approximate surface area is 133 Å². The van der Waals surface area contributed by atoms with Gasteiger partial charge in [-0.2, -0.15) is 8.42 Å². The largest absolute Gasteiger partial charge is 0.493 e. The van der Waals surface area contributed by atoms with Crippen LogP contribution in [0.3, 0.4) is 0 Å². The van der Waals surface area contributed by atoms with Gasteiger partial charge in [0, 0.05) is 17.5 Å². The molecule has 0 amide bonds. The second kappa shape index (κ2) is 4.77. The molecule has 0 saturated heterocycles. The number of halogens is 2. The van der Waals surface area contributed by atoms with Gasteiger partial charge in [-0.05, 0) is 18.3 Å². The highest BCUT2D eigenvalue weighted by atomic mass is 35.5. The van der Waals surface area contributed by atoms with E-state index in [0.29, 0.717) is 9.36 Å². The lowest BCUT2D eigenvalue weighted by Crippen LogP contribution is -2.11. The zero-order valence-electron chi connectivity index (χ0n) is 10.0. The summed E-state index contributed by atoms with van der Waals surface area (Å²) in [5.74, 6) is -0.370. The van der Waals surface area contributed by atoms with Crippen molar-refractivity contribution in [3.05, 3.63) is 39.2 Å². The van der Waals surface area contributed by atoms with Crippen molar-refractivity contribution in [2.45, 2.75) is 5.09 Å². The zero-order valence-corrected chi connectivity index (χ0v) is 13.1. The Kier molecular flexibility index (Phi) is 3.28. The first-order valence-corrected chi connectivity index (χ1v) is 8.04. The molecule has 2 aromatic heterocycles. The van der Waals surface area contributed by atoms with Crippen molar-refractivity contribution in [2.75, 3.05) is 0 Å². The molecule has 0 unspecified atom stereocenters. The van der Waals surface area contributed by atoms with E-state index >= 15 is 0 Å². The maximum absolute atomic E-state index is 12.4. The van der Waals surface area contributed by atoms with Gasteiger partial charge in [0.15, 0.2) is 4.77 Å². The molecule has 10 heteroatoms. The zero-order chi connectivity index (χ0) is 15.4. The normalized spacial score (nSPS) is 12.1. The number of nitrogens with one attached hydrogen (secondary N) is 1.